The summed E-state index contributed by atoms with van der Waals surface area (Å²) in [6.45, 7) is 3.84. The Morgan fingerprint density at radius 2 is 1.69 bits per heavy atom. The minimum atomic E-state index is -3.99. The number of amides is 1. The van der Waals surface area contributed by atoms with Gasteiger partial charge in [-0.25, -0.2) is 13.2 Å². The van der Waals surface area contributed by atoms with Crippen molar-refractivity contribution in [3.63, 3.8) is 0 Å². The van der Waals surface area contributed by atoms with Crippen molar-refractivity contribution in [1.29, 1.82) is 0 Å². The number of anilines is 1. The standard InChI is InChI=1S/C32H38N2O7S/c1-23(2)20-33(42(38,39)28-16-10-15-27(19-28)40-3)21-30(36)25(17-24-11-6-4-7-12-24)18-29(35)31-22-34(32(37)41-31)26-13-8-5-9-14-26/h4-16,19,23,25,30-31,36H,17-18,20-22H2,1-3H3/t25-,30-,31+/m1/s1. The van der Waals surface area contributed by atoms with Gasteiger partial charge in [0.25, 0.3) is 0 Å². The highest BCUT2D eigenvalue weighted by Gasteiger charge is 2.39. The van der Waals surface area contributed by atoms with Crippen LogP contribution in [0.2, 0.25) is 0 Å². The van der Waals surface area contributed by atoms with Crippen molar-refractivity contribution >= 4 is 27.6 Å². The highest BCUT2D eigenvalue weighted by Crippen LogP contribution is 2.27. The number of nitrogens with zero attached hydrogens (tertiary/aromatic N) is 2. The van der Waals surface area contributed by atoms with E-state index in [1.807, 2.05) is 50.2 Å². The molecule has 0 aliphatic carbocycles. The van der Waals surface area contributed by atoms with E-state index in [1.54, 1.807) is 36.4 Å². The maximum atomic E-state index is 13.7. The van der Waals surface area contributed by atoms with Gasteiger partial charge in [-0.3, -0.25) is 9.69 Å². The Bertz CT molecular complexity index is 1450. The van der Waals surface area contributed by atoms with Crippen molar-refractivity contribution in [3.05, 3.63) is 90.5 Å². The molecule has 1 N–H and O–H groups in total. The van der Waals surface area contributed by atoms with Crippen molar-refractivity contribution in [3.8, 4) is 5.75 Å². The SMILES string of the molecule is COc1cccc(S(=O)(=O)N(CC(C)C)C[C@@H](O)[C@@H](CC(=O)[C@@H]2CN(c3ccccc3)C(=O)O2)Cc2ccccc2)c1. The van der Waals surface area contributed by atoms with Gasteiger partial charge in [0.05, 0.1) is 24.7 Å². The average molecular weight is 595 g/mol. The van der Waals surface area contributed by atoms with E-state index in [1.165, 1.54) is 28.4 Å². The lowest BCUT2D eigenvalue weighted by molar-refractivity contribution is -0.127. The van der Waals surface area contributed by atoms with Crippen molar-refractivity contribution in [2.45, 2.75) is 43.8 Å². The number of para-hydroxylation sites is 1. The largest absolute Gasteiger partial charge is 0.497 e. The van der Waals surface area contributed by atoms with E-state index in [9.17, 15) is 23.1 Å². The molecule has 0 bridgehead atoms. The van der Waals surface area contributed by atoms with E-state index >= 15 is 0 Å². The first-order valence-corrected chi connectivity index (χ1v) is 15.4. The van der Waals surface area contributed by atoms with Crippen molar-refractivity contribution in [2.75, 3.05) is 31.6 Å². The maximum absolute atomic E-state index is 13.7. The van der Waals surface area contributed by atoms with Gasteiger partial charge in [-0.05, 0) is 48.1 Å². The van der Waals surface area contributed by atoms with Gasteiger partial charge in [-0.15, -0.1) is 0 Å². The van der Waals surface area contributed by atoms with Crippen LogP contribution in [0.4, 0.5) is 10.5 Å². The normalized spacial score (nSPS) is 16.9. The minimum Gasteiger partial charge on any atom is -0.497 e. The number of benzene rings is 3. The average Bonchev–Trinajstić information content (AvgIpc) is 3.38. The number of hydrogen-bond acceptors (Lipinski definition) is 7. The van der Waals surface area contributed by atoms with E-state index in [0.29, 0.717) is 17.9 Å². The van der Waals surface area contributed by atoms with Gasteiger partial charge in [0.15, 0.2) is 11.9 Å². The van der Waals surface area contributed by atoms with Crippen molar-refractivity contribution < 1.29 is 32.6 Å². The van der Waals surface area contributed by atoms with Gasteiger partial charge in [-0.2, -0.15) is 4.31 Å². The summed E-state index contributed by atoms with van der Waals surface area (Å²) in [5, 5.41) is 11.5. The lowest BCUT2D eigenvalue weighted by atomic mass is 9.88. The van der Waals surface area contributed by atoms with E-state index in [-0.39, 0.29) is 42.7 Å². The Morgan fingerprint density at radius 3 is 2.33 bits per heavy atom. The predicted molar refractivity (Wildman–Crippen MR) is 160 cm³/mol. The van der Waals surface area contributed by atoms with Gasteiger partial charge in [0, 0.05) is 31.3 Å². The lowest BCUT2D eigenvalue weighted by Crippen LogP contribution is -2.43. The number of cyclic esters (lactones) is 1. The molecule has 0 spiro atoms. The zero-order valence-corrected chi connectivity index (χ0v) is 24.9. The molecule has 0 unspecified atom stereocenters. The second-order valence-corrected chi connectivity index (χ2v) is 12.8. The number of hydrogen-bond donors (Lipinski definition) is 1. The number of Topliss-reactive ketones (excluding diaryl/α,β-unsaturated/α-hetero) is 1. The molecule has 1 fully saturated rings. The fourth-order valence-corrected chi connectivity index (χ4v) is 6.70. The predicted octanol–water partition coefficient (Wildman–Crippen LogP) is 4.55. The molecule has 3 atom stereocenters. The Hall–Kier alpha value is -3.73. The zero-order chi connectivity index (χ0) is 30.3. The van der Waals surface area contributed by atoms with Crippen molar-refractivity contribution in [2.24, 2.45) is 11.8 Å². The number of sulfonamides is 1. The molecule has 10 heteroatoms. The summed E-state index contributed by atoms with van der Waals surface area (Å²) >= 11 is 0. The maximum Gasteiger partial charge on any atom is 0.415 e. The molecule has 1 amide bonds. The summed E-state index contributed by atoms with van der Waals surface area (Å²) in [5.74, 6) is -0.564. The Morgan fingerprint density at radius 1 is 1.02 bits per heavy atom. The first-order chi connectivity index (χ1) is 20.1. The second-order valence-electron chi connectivity index (χ2n) is 10.9. The summed E-state index contributed by atoms with van der Waals surface area (Å²) in [4.78, 5) is 27.5. The molecule has 4 rings (SSSR count). The number of carbonyl (C=O) groups is 2. The van der Waals surface area contributed by atoms with Crippen LogP contribution in [-0.2, 0) is 26.0 Å². The van der Waals surface area contributed by atoms with Crippen LogP contribution in [0.15, 0.2) is 89.8 Å². The molecule has 3 aromatic rings. The molecule has 1 saturated heterocycles. The third-order valence-corrected chi connectivity index (χ3v) is 9.05. The molecule has 1 aliphatic rings. The van der Waals surface area contributed by atoms with E-state index in [4.69, 9.17) is 9.47 Å². The third kappa shape index (κ3) is 7.76. The van der Waals surface area contributed by atoms with Crippen LogP contribution in [-0.4, -0.2) is 68.7 Å². The van der Waals surface area contributed by atoms with Crippen molar-refractivity contribution in [1.82, 2.24) is 4.31 Å². The summed E-state index contributed by atoms with van der Waals surface area (Å²) in [5.41, 5.74) is 1.53. The Balaban J connectivity index is 1.55. The van der Waals surface area contributed by atoms with Gasteiger partial charge < -0.3 is 14.6 Å². The summed E-state index contributed by atoms with van der Waals surface area (Å²) in [6, 6.07) is 24.6. The van der Waals surface area contributed by atoms with Gasteiger partial charge in [0.2, 0.25) is 10.0 Å². The fourth-order valence-electron chi connectivity index (χ4n) is 5.05. The lowest BCUT2D eigenvalue weighted by Gasteiger charge is -2.30. The monoisotopic (exact) mass is 594 g/mol. The Labute approximate surface area is 247 Å². The van der Waals surface area contributed by atoms with Crippen LogP contribution in [0.3, 0.4) is 0 Å². The first-order valence-electron chi connectivity index (χ1n) is 14.0. The van der Waals surface area contributed by atoms with E-state index < -0.39 is 34.2 Å². The number of aliphatic hydroxyl groups excluding tert-OH is 1. The van der Waals surface area contributed by atoms with Gasteiger partial charge in [-0.1, -0.05) is 68.4 Å². The number of aliphatic hydroxyl groups is 1. The molecule has 42 heavy (non-hydrogen) atoms. The second kappa shape index (κ2) is 14.0. The van der Waals surface area contributed by atoms with E-state index in [0.717, 1.165) is 5.56 Å². The van der Waals surface area contributed by atoms with Crippen LogP contribution < -0.4 is 9.64 Å². The number of ether oxygens (including phenoxy) is 2. The number of carbonyl (C=O) groups excluding carboxylic acids is 2. The molecule has 0 radical (unpaired) electrons. The quantitative estimate of drug-likeness (QED) is 0.291. The van der Waals surface area contributed by atoms with E-state index in [2.05, 4.69) is 0 Å². The number of rotatable bonds is 14. The summed E-state index contributed by atoms with van der Waals surface area (Å²) < 4.78 is 39.4. The Kier molecular flexibility index (Phi) is 10.4. The molecule has 0 saturated carbocycles. The van der Waals surface area contributed by atoms with Crippen LogP contribution >= 0.6 is 0 Å². The topological polar surface area (TPSA) is 113 Å². The molecule has 1 heterocycles. The molecular weight excluding hydrogens is 556 g/mol. The zero-order valence-electron chi connectivity index (χ0n) is 24.1. The summed E-state index contributed by atoms with van der Waals surface area (Å²) in [7, 11) is -2.52. The summed E-state index contributed by atoms with van der Waals surface area (Å²) in [6.07, 6.45) is -2.52. The third-order valence-electron chi connectivity index (χ3n) is 7.23. The number of ketones is 1. The molecule has 224 valence electrons. The van der Waals surface area contributed by atoms with Gasteiger partial charge >= 0.3 is 6.09 Å². The van der Waals surface area contributed by atoms with Crippen LogP contribution in [0, 0.1) is 11.8 Å². The first kappa shape index (κ1) is 31.2. The highest BCUT2D eigenvalue weighted by molar-refractivity contribution is 7.89. The minimum absolute atomic E-state index is 0.0198. The molecule has 1 aliphatic heterocycles. The van der Waals surface area contributed by atoms with Crippen LogP contribution in [0.1, 0.15) is 25.8 Å². The van der Waals surface area contributed by atoms with Crippen LogP contribution in [0.5, 0.6) is 5.75 Å². The van der Waals surface area contributed by atoms with Gasteiger partial charge in [0.1, 0.15) is 5.75 Å². The number of methoxy groups -OCH3 is 1. The molecule has 0 aromatic heterocycles. The molecule has 9 nitrogen and oxygen atoms in total. The highest BCUT2D eigenvalue weighted by atomic mass is 32.2. The molecule has 3 aromatic carbocycles. The van der Waals surface area contributed by atoms with Crippen LogP contribution in [0.25, 0.3) is 0 Å². The smallest absolute Gasteiger partial charge is 0.415 e. The molecular formula is C32H38N2O7S. The fraction of sp³-hybridized carbons (Fsp3) is 0.375.